The first kappa shape index (κ1) is 14.9. The van der Waals surface area contributed by atoms with Crippen LogP contribution in [-0.2, 0) is 10.5 Å². The van der Waals surface area contributed by atoms with Gasteiger partial charge >= 0.3 is 0 Å². The zero-order valence-electron chi connectivity index (χ0n) is 12.1. The summed E-state index contributed by atoms with van der Waals surface area (Å²) in [4.78, 5) is 24.0. The van der Waals surface area contributed by atoms with Gasteiger partial charge in [-0.3, -0.25) is 9.59 Å². The van der Waals surface area contributed by atoms with Crippen LogP contribution in [0.3, 0.4) is 0 Å². The second-order valence-electron chi connectivity index (χ2n) is 5.33. The van der Waals surface area contributed by atoms with Crippen LogP contribution in [0.15, 0.2) is 60.7 Å². The zero-order valence-corrected chi connectivity index (χ0v) is 12.9. The Morgan fingerprint density at radius 3 is 2.27 bits per heavy atom. The van der Waals surface area contributed by atoms with Crippen LogP contribution >= 0.6 is 11.8 Å². The number of benzene rings is 2. The lowest BCUT2D eigenvalue weighted by Gasteiger charge is -2.33. The maximum absolute atomic E-state index is 12.7. The Balaban J connectivity index is 1.72. The first-order valence-electron chi connectivity index (χ1n) is 7.28. The Morgan fingerprint density at radius 1 is 1.09 bits per heavy atom. The Hall–Kier alpha value is -2.07. The largest absolute Gasteiger partial charge is 0.351 e. The summed E-state index contributed by atoms with van der Waals surface area (Å²) in [7, 11) is 0. The summed E-state index contributed by atoms with van der Waals surface area (Å²) in [5.41, 5.74) is 1.89. The Morgan fingerprint density at radius 2 is 1.68 bits per heavy atom. The number of thioether (sulfide) groups is 1. The van der Waals surface area contributed by atoms with Gasteiger partial charge in [-0.05, 0) is 5.56 Å². The van der Waals surface area contributed by atoms with Crippen molar-refractivity contribution in [2.45, 2.75) is 23.5 Å². The van der Waals surface area contributed by atoms with Crippen molar-refractivity contribution in [3.63, 3.8) is 0 Å². The molecule has 1 amide bonds. The zero-order chi connectivity index (χ0) is 15.4. The van der Waals surface area contributed by atoms with Crippen LogP contribution < -0.4 is 5.32 Å². The number of hydrogen-bond acceptors (Lipinski definition) is 3. The molecule has 2 unspecified atom stereocenters. The van der Waals surface area contributed by atoms with Crippen LogP contribution in [0.2, 0.25) is 0 Å². The fourth-order valence-corrected chi connectivity index (χ4v) is 3.72. The molecule has 1 fully saturated rings. The van der Waals surface area contributed by atoms with E-state index in [-0.39, 0.29) is 23.0 Å². The molecule has 4 heteroatoms. The predicted octanol–water partition coefficient (Wildman–Crippen LogP) is 3.06. The molecule has 2 atom stereocenters. The topological polar surface area (TPSA) is 46.2 Å². The smallest absolute Gasteiger partial charge is 0.222 e. The number of β-lactam (4-membered cyclic amide) rings is 1. The van der Waals surface area contributed by atoms with Gasteiger partial charge in [0.2, 0.25) is 5.91 Å². The summed E-state index contributed by atoms with van der Waals surface area (Å²) in [5, 5.41) is 2.61. The fourth-order valence-electron chi connectivity index (χ4n) is 2.47. The van der Waals surface area contributed by atoms with Gasteiger partial charge in [0.25, 0.3) is 0 Å². The maximum atomic E-state index is 12.7. The standard InChI is InChI=1S/C18H17NO2S/c20-16-11-15(19-16)18(17(21)14-9-5-2-6-10-14)22-12-13-7-3-1-4-8-13/h1-10,15,18H,11-12H2,(H,19,20). The van der Waals surface area contributed by atoms with E-state index in [2.05, 4.69) is 17.4 Å². The van der Waals surface area contributed by atoms with Gasteiger partial charge < -0.3 is 5.32 Å². The lowest BCUT2D eigenvalue weighted by atomic mass is 9.96. The molecule has 0 saturated carbocycles. The van der Waals surface area contributed by atoms with E-state index in [0.717, 1.165) is 5.75 Å². The van der Waals surface area contributed by atoms with Gasteiger partial charge in [-0.15, -0.1) is 11.8 Å². The molecule has 1 saturated heterocycles. The minimum absolute atomic E-state index is 0.0242. The molecule has 112 valence electrons. The monoisotopic (exact) mass is 311 g/mol. The number of amides is 1. The van der Waals surface area contributed by atoms with E-state index in [4.69, 9.17) is 0 Å². The molecule has 0 bridgehead atoms. The van der Waals surface area contributed by atoms with Crippen molar-refractivity contribution in [3.05, 3.63) is 71.8 Å². The van der Waals surface area contributed by atoms with Crippen molar-refractivity contribution in [2.24, 2.45) is 0 Å². The predicted molar refractivity (Wildman–Crippen MR) is 88.8 cm³/mol. The van der Waals surface area contributed by atoms with E-state index in [9.17, 15) is 9.59 Å². The minimum atomic E-state index is -0.236. The molecule has 2 aromatic rings. The average molecular weight is 311 g/mol. The molecular formula is C18H17NO2S. The molecule has 1 N–H and O–H groups in total. The Bertz CT molecular complexity index is 649. The van der Waals surface area contributed by atoms with Gasteiger partial charge in [-0.2, -0.15) is 0 Å². The van der Waals surface area contributed by atoms with E-state index >= 15 is 0 Å². The minimum Gasteiger partial charge on any atom is -0.351 e. The number of ketones is 1. The van der Waals surface area contributed by atoms with E-state index in [1.54, 1.807) is 11.8 Å². The Labute approximate surface area is 134 Å². The molecule has 1 aliphatic heterocycles. The average Bonchev–Trinajstić information content (AvgIpc) is 2.55. The van der Waals surface area contributed by atoms with E-state index in [1.807, 2.05) is 48.5 Å². The highest BCUT2D eigenvalue weighted by atomic mass is 32.2. The van der Waals surface area contributed by atoms with Gasteiger partial charge in [0.05, 0.1) is 11.3 Å². The molecular weight excluding hydrogens is 294 g/mol. The number of carbonyl (C=O) groups is 2. The molecule has 0 radical (unpaired) electrons. The molecule has 0 spiro atoms. The summed E-state index contributed by atoms with van der Waals surface area (Å²) in [6.07, 6.45) is 0.436. The third-order valence-corrected chi connectivity index (χ3v) is 5.11. The maximum Gasteiger partial charge on any atom is 0.222 e. The van der Waals surface area contributed by atoms with Crippen LogP contribution in [0.25, 0.3) is 0 Å². The number of nitrogens with one attached hydrogen (secondary N) is 1. The lowest BCUT2D eigenvalue weighted by molar-refractivity contribution is -0.127. The second-order valence-corrected chi connectivity index (χ2v) is 6.46. The number of rotatable bonds is 6. The van der Waals surface area contributed by atoms with Crippen LogP contribution in [0.4, 0.5) is 0 Å². The highest BCUT2D eigenvalue weighted by molar-refractivity contribution is 7.99. The molecule has 0 aliphatic carbocycles. The van der Waals surface area contributed by atoms with Crippen LogP contribution in [0.5, 0.6) is 0 Å². The van der Waals surface area contributed by atoms with Crippen LogP contribution in [-0.4, -0.2) is 23.0 Å². The molecule has 2 aromatic carbocycles. The Kier molecular flexibility index (Phi) is 4.59. The molecule has 1 heterocycles. The lowest BCUT2D eigenvalue weighted by Crippen LogP contribution is -2.56. The first-order chi connectivity index (χ1) is 10.7. The summed E-state index contributed by atoms with van der Waals surface area (Å²) in [6.45, 7) is 0. The fraction of sp³-hybridized carbons (Fsp3) is 0.222. The third-order valence-electron chi connectivity index (χ3n) is 3.71. The second kappa shape index (κ2) is 6.79. The van der Waals surface area contributed by atoms with E-state index < -0.39 is 0 Å². The molecule has 3 rings (SSSR count). The van der Waals surface area contributed by atoms with Crippen molar-refractivity contribution in [1.29, 1.82) is 0 Å². The molecule has 3 nitrogen and oxygen atoms in total. The SMILES string of the molecule is O=C1CC(C(SCc2ccccc2)C(=O)c2ccccc2)N1. The van der Waals surface area contributed by atoms with Crippen molar-refractivity contribution in [3.8, 4) is 0 Å². The molecule has 1 aliphatic rings. The van der Waals surface area contributed by atoms with Gasteiger partial charge in [-0.25, -0.2) is 0 Å². The van der Waals surface area contributed by atoms with Crippen molar-refractivity contribution >= 4 is 23.5 Å². The highest BCUT2D eigenvalue weighted by Crippen LogP contribution is 2.28. The van der Waals surface area contributed by atoms with Crippen molar-refractivity contribution in [1.82, 2.24) is 5.32 Å². The highest BCUT2D eigenvalue weighted by Gasteiger charge is 2.37. The summed E-state index contributed by atoms with van der Waals surface area (Å²) in [5.74, 6) is 0.874. The third kappa shape index (κ3) is 3.39. The number of carbonyl (C=O) groups excluding carboxylic acids is 2. The van der Waals surface area contributed by atoms with Crippen LogP contribution in [0, 0.1) is 0 Å². The first-order valence-corrected chi connectivity index (χ1v) is 8.33. The summed E-state index contributed by atoms with van der Waals surface area (Å²) < 4.78 is 0. The molecule has 22 heavy (non-hydrogen) atoms. The van der Waals surface area contributed by atoms with Gasteiger partial charge in [-0.1, -0.05) is 60.7 Å². The van der Waals surface area contributed by atoms with Gasteiger partial charge in [0.15, 0.2) is 5.78 Å². The summed E-state index contributed by atoms with van der Waals surface area (Å²) >= 11 is 1.60. The number of hydrogen-bond donors (Lipinski definition) is 1. The van der Waals surface area contributed by atoms with E-state index in [0.29, 0.717) is 12.0 Å². The quantitative estimate of drug-likeness (QED) is 0.659. The molecule has 0 aromatic heterocycles. The van der Waals surface area contributed by atoms with E-state index in [1.165, 1.54) is 5.56 Å². The van der Waals surface area contributed by atoms with Crippen LogP contribution in [0.1, 0.15) is 22.3 Å². The number of Topliss-reactive ketones (excluding diaryl/α,β-unsaturated/α-hetero) is 1. The van der Waals surface area contributed by atoms with Gasteiger partial charge in [0, 0.05) is 17.7 Å². The van der Waals surface area contributed by atoms with Gasteiger partial charge in [0.1, 0.15) is 0 Å². The van der Waals surface area contributed by atoms with Crippen molar-refractivity contribution < 1.29 is 9.59 Å². The van der Waals surface area contributed by atoms with Crippen molar-refractivity contribution in [2.75, 3.05) is 0 Å². The summed E-state index contributed by atoms with van der Waals surface area (Å²) in [6, 6.07) is 19.3. The normalized spacial score (nSPS) is 18.2.